The SMILES string of the molecule is C1COCCN1.O=C1OC([C@@H](O)CO)C(O)=C1O. The zero-order chi connectivity index (χ0) is 13.5. The number of esters is 1. The average Bonchev–Trinajstić information content (AvgIpc) is 2.68. The second-order valence-electron chi connectivity index (χ2n) is 3.67. The predicted molar refractivity (Wildman–Crippen MR) is 58.9 cm³/mol. The molecule has 2 aliphatic rings. The van der Waals surface area contributed by atoms with Crippen molar-refractivity contribution in [1.29, 1.82) is 0 Å². The molecule has 0 saturated carbocycles. The molecule has 2 atom stereocenters. The van der Waals surface area contributed by atoms with Crippen molar-refractivity contribution in [3.8, 4) is 0 Å². The van der Waals surface area contributed by atoms with Gasteiger partial charge in [-0.2, -0.15) is 0 Å². The molecule has 0 spiro atoms. The summed E-state index contributed by atoms with van der Waals surface area (Å²) in [4.78, 5) is 10.5. The largest absolute Gasteiger partial charge is 0.505 e. The molecule has 2 aliphatic heterocycles. The Labute approximate surface area is 103 Å². The van der Waals surface area contributed by atoms with Crippen molar-refractivity contribution in [1.82, 2.24) is 5.32 Å². The quantitative estimate of drug-likeness (QED) is 0.369. The van der Waals surface area contributed by atoms with Crippen LogP contribution in [0.4, 0.5) is 0 Å². The van der Waals surface area contributed by atoms with Crippen LogP contribution in [0, 0.1) is 0 Å². The maximum absolute atomic E-state index is 10.5. The molecule has 0 aliphatic carbocycles. The van der Waals surface area contributed by atoms with Crippen molar-refractivity contribution in [3.05, 3.63) is 11.5 Å². The summed E-state index contributed by atoms with van der Waals surface area (Å²) in [7, 11) is 0. The van der Waals surface area contributed by atoms with Gasteiger partial charge in [0.05, 0.1) is 19.8 Å². The van der Waals surface area contributed by atoms with Crippen molar-refractivity contribution < 1.29 is 34.7 Å². The van der Waals surface area contributed by atoms with Gasteiger partial charge in [0.15, 0.2) is 11.9 Å². The van der Waals surface area contributed by atoms with Gasteiger partial charge in [-0.15, -0.1) is 0 Å². The molecule has 1 unspecified atom stereocenters. The van der Waals surface area contributed by atoms with E-state index in [1.807, 2.05) is 0 Å². The molecule has 8 heteroatoms. The molecular formula is C10H17NO7. The van der Waals surface area contributed by atoms with E-state index in [2.05, 4.69) is 10.1 Å². The normalized spacial score (nSPS) is 25.2. The first-order chi connectivity index (χ1) is 8.57. The number of hydrogen-bond donors (Lipinski definition) is 5. The maximum Gasteiger partial charge on any atom is 0.377 e. The third kappa shape index (κ3) is 3.84. The van der Waals surface area contributed by atoms with Crippen molar-refractivity contribution >= 4 is 5.97 Å². The fourth-order valence-corrected chi connectivity index (χ4v) is 1.34. The van der Waals surface area contributed by atoms with E-state index >= 15 is 0 Å². The van der Waals surface area contributed by atoms with E-state index in [0.29, 0.717) is 0 Å². The van der Waals surface area contributed by atoms with Crippen LogP contribution in [0.1, 0.15) is 0 Å². The molecule has 104 valence electrons. The molecule has 0 aromatic carbocycles. The van der Waals surface area contributed by atoms with Crippen LogP contribution in [0.2, 0.25) is 0 Å². The number of aliphatic hydroxyl groups excluding tert-OH is 4. The highest BCUT2D eigenvalue weighted by Gasteiger charge is 2.38. The third-order valence-electron chi connectivity index (χ3n) is 2.32. The summed E-state index contributed by atoms with van der Waals surface area (Å²) in [5, 5.41) is 38.2. The van der Waals surface area contributed by atoms with Crippen molar-refractivity contribution in [2.75, 3.05) is 32.9 Å². The van der Waals surface area contributed by atoms with Gasteiger partial charge >= 0.3 is 5.97 Å². The average molecular weight is 263 g/mol. The lowest BCUT2D eigenvalue weighted by Crippen LogP contribution is -2.31. The molecule has 2 heterocycles. The number of carbonyl (C=O) groups excluding carboxylic acids is 1. The van der Waals surface area contributed by atoms with E-state index in [1.54, 1.807) is 0 Å². The van der Waals surface area contributed by atoms with E-state index in [4.69, 9.17) is 25.2 Å². The number of nitrogens with one attached hydrogen (secondary N) is 1. The van der Waals surface area contributed by atoms with Crippen LogP contribution in [-0.4, -0.2) is 71.5 Å². The number of aliphatic hydroxyl groups is 4. The van der Waals surface area contributed by atoms with Gasteiger partial charge in [-0.05, 0) is 0 Å². The number of hydrogen-bond acceptors (Lipinski definition) is 8. The summed E-state index contributed by atoms with van der Waals surface area (Å²) in [6.45, 7) is 3.16. The fourth-order valence-electron chi connectivity index (χ4n) is 1.34. The van der Waals surface area contributed by atoms with Gasteiger partial charge in [0.2, 0.25) is 5.76 Å². The van der Waals surface area contributed by atoms with Gasteiger partial charge in [-0.25, -0.2) is 4.79 Å². The molecule has 0 aromatic heterocycles. The molecule has 0 bridgehead atoms. The first-order valence-electron chi connectivity index (χ1n) is 5.48. The van der Waals surface area contributed by atoms with E-state index in [9.17, 15) is 4.79 Å². The molecule has 5 N–H and O–H groups in total. The van der Waals surface area contributed by atoms with Crippen LogP contribution in [0.15, 0.2) is 11.5 Å². The lowest BCUT2D eigenvalue weighted by molar-refractivity contribution is -0.147. The van der Waals surface area contributed by atoms with Gasteiger partial charge in [0.1, 0.15) is 6.10 Å². The minimum atomic E-state index is -1.42. The number of rotatable bonds is 2. The van der Waals surface area contributed by atoms with Gasteiger partial charge in [0.25, 0.3) is 0 Å². The maximum atomic E-state index is 10.5. The van der Waals surface area contributed by atoms with Gasteiger partial charge in [-0.3, -0.25) is 0 Å². The lowest BCUT2D eigenvalue weighted by atomic mass is 10.2. The number of carbonyl (C=O) groups is 1. The number of morpholine rings is 1. The summed E-state index contributed by atoms with van der Waals surface area (Å²) in [6, 6.07) is 0. The summed E-state index contributed by atoms with van der Waals surface area (Å²) in [5.74, 6) is -2.78. The highest BCUT2D eigenvalue weighted by Crippen LogP contribution is 2.20. The van der Waals surface area contributed by atoms with Crippen LogP contribution in [-0.2, 0) is 14.3 Å². The van der Waals surface area contributed by atoms with Crippen LogP contribution in [0.5, 0.6) is 0 Å². The monoisotopic (exact) mass is 263 g/mol. The Morgan fingerprint density at radius 1 is 1.33 bits per heavy atom. The molecule has 1 saturated heterocycles. The highest BCUT2D eigenvalue weighted by molar-refractivity contribution is 5.89. The molecule has 1 fully saturated rings. The molecule has 18 heavy (non-hydrogen) atoms. The Hall–Kier alpha value is -1.35. The van der Waals surface area contributed by atoms with Crippen LogP contribution >= 0.6 is 0 Å². The second kappa shape index (κ2) is 7.17. The Kier molecular flexibility index (Phi) is 5.86. The highest BCUT2D eigenvalue weighted by atomic mass is 16.6. The van der Waals surface area contributed by atoms with Gasteiger partial charge in [-0.1, -0.05) is 0 Å². The zero-order valence-electron chi connectivity index (χ0n) is 9.70. The van der Waals surface area contributed by atoms with E-state index in [1.165, 1.54) is 0 Å². The smallest absolute Gasteiger partial charge is 0.377 e. The molecule has 0 radical (unpaired) electrons. The molecule has 2 rings (SSSR count). The van der Waals surface area contributed by atoms with Gasteiger partial charge in [0, 0.05) is 13.1 Å². The number of ether oxygens (including phenoxy) is 2. The van der Waals surface area contributed by atoms with E-state index in [0.717, 1.165) is 26.3 Å². The van der Waals surface area contributed by atoms with E-state index < -0.39 is 36.3 Å². The Morgan fingerprint density at radius 3 is 2.22 bits per heavy atom. The Bertz CT molecular complexity index is 302. The van der Waals surface area contributed by atoms with Crippen molar-refractivity contribution in [2.45, 2.75) is 12.2 Å². The predicted octanol–water partition coefficient (Wildman–Crippen LogP) is -1.80. The van der Waals surface area contributed by atoms with Crippen molar-refractivity contribution in [2.24, 2.45) is 0 Å². The zero-order valence-corrected chi connectivity index (χ0v) is 9.70. The van der Waals surface area contributed by atoms with Gasteiger partial charge < -0.3 is 35.2 Å². The molecule has 0 aromatic rings. The summed E-state index contributed by atoms with van der Waals surface area (Å²) >= 11 is 0. The standard InChI is InChI=1S/C6H8O6.C4H9NO/c7-1-2(8)5-3(9)4(10)6(11)12-5;1-3-6-4-2-5-1/h2,5,7-10H,1H2;5H,1-4H2/t2-,5?;/m0./s1. The lowest BCUT2D eigenvalue weighted by Gasteiger charge is -2.13. The van der Waals surface area contributed by atoms with Crippen molar-refractivity contribution in [3.63, 3.8) is 0 Å². The van der Waals surface area contributed by atoms with Crippen LogP contribution in [0.25, 0.3) is 0 Å². The van der Waals surface area contributed by atoms with Crippen LogP contribution < -0.4 is 5.32 Å². The third-order valence-corrected chi connectivity index (χ3v) is 2.32. The Morgan fingerprint density at radius 2 is 1.94 bits per heavy atom. The topological polar surface area (TPSA) is 128 Å². The molecular weight excluding hydrogens is 246 g/mol. The Balaban J connectivity index is 0.000000225. The second-order valence-corrected chi connectivity index (χ2v) is 3.67. The first kappa shape index (κ1) is 14.7. The van der Waals surface area contributed by atoms with E-state index in [-0.39, 0.29) is 0 Å². The first-order valence-corrected chi connectivity index (χ1v) is 5.48. The fraction of sp³-hybridized carbons (Fsp3) is 0.700. The summed E-state index contributed by atoms with van der Waals surface area (Å²) in [6.07, 6.45) is -2.78. The summed E-state index contributed by atoms with van der Waals surface area (Å²) < 4.78 is 9.32. The minimum Gasteiger partial charge on any atom is -0.505 e. The molecule has 0 amide bonds. The number of cyclic esters (lactones) is 1. The minimum absolute atomic E-state index is 0.671. The molecule has 8 nitrogen and oxygen atoms in total. The van der Waals surface area contributed by atoms with Crippen LogP contribution in [0.3, 0.4) is 0 Å². The summed E-state index contributed by atoms with van der Waals surface area (Å²) in [5.41, 5.74) is 0.